The Bertz CT molecular complexity index is 964. The van der Waals surface area contributed by atoms with Crippen LogP contribution in [0.5, 0.6) is 0 Å². The van der Waals surface area contributed by atoms with Gasteiger partial charge in [0, 0.05) is 24.3 Å². The number of likely N-dealkylation sites (N-methyl/N-ethyl adjacent to an activating group) is 1. The molecule has 0 bridgehead atoms. The van der Waals surface area contributed by atoms with Crippen LogP contribution < -0.4 is 10.6 Å². The molecule has 1 atom stereocenters. The number of carboxylic acids is 1. The molecule has 0 saturated carbocycles. The third-order valence-corrected chi connectivity index (χ3v) is 5.96. The summed E-state index contributed by atoms with van der Waals surface area (Å²) in [5.74, 6) is -0.950. The van der Waals surface area contributed by atoms with Gasteiger partial charge in [-0.25, -0.2) is 4.79 Å². The molecule has 6 nitrogen and oxygen atoms in total. The average molecular weight is 393 g/mol. The summed E-state index contributed by atoms with van der Waals surface area (Å²) >= 11 is 0. The van der Waals surface area contributed by atoms with E-state index in [0.29, 0.717) is 11.1 Å². The van der Waals surface area contributed by atoms with Crippen LogP contribution in [0.25, 0.3) is 0 Å². The monoisotopic (exact) mass is 393 g/mol. The summed E-state index contributed by atoms with van der Waals surface area (Å²) < 4.78 is 0. The quantitative estimate of drug-likeness (QED) is 0.743. The maximum Gasteiger partial charge on any atom is 0.335 e. The number of amides is 1. The van der Waals surface area contributed by atoms with Crippen molar-refractivity contribution in [2.75, 3.05) is 25.5 Å². The van der Waals surface area contributed by atoms with Crippen LogP contribution in [-0.4, -0.2) is 48.1 Å². The van der Waals surface area contributed by atoms with Crippen molar-refractivity contribution in [1.29, 1.82) is 0 Å². The molecule has 2 aromatic carbocycles. The smallest absolute Gasteiger partial charge is 0.335 e. The van der Waals surface area contributed by atoms with Gasteiger partial charge in [-0.05, 0) is 60.3 Å². The van der Waals surface area contributed by atoms with Gasteiger partial charge < -0.3 is 20.6 Å². The highest BCUT2D eigenvalue weighted by molar-refractivity contribution is 5.94. The van der Waals surface area contributed by atoms with Crippen molar-refractivity contribution in [3.63, 3.8) is 0 Å². The van der Waals surface area contributed by atoms with E-state index in [4.69, 9.17) is 0 Å². The van der Waals surface area contributed by atoms with Crippen LogP contribution in [0.3, 0.4) is 0 Å². The molecular formula is C23H27N3O3. The Labute approximate surface area is 170 Å². The van der Waals surface area contributed by atoms with E-state index in [1.807, 2.05) is 37.4 Å². The van der Waals surface area contributed by atoms with Gasteiger partial charge in [-0.15, -0.1) is 0 Å². The third-order valence-electron chi connectivity index (χ3n) is 5.96. The molecule has 29 heavy (non-hydrogen) atoms. The van der Waals surface area contributed by atoms with Crippen LogP contribution in [0.4, 0.5) is 5.69 Å². The fourth-order valence-corrected chi connectivity index (χ4v) is 4.41. The summed E-state index contributed by atoms with van der Waals surface area (Å²) in [6.07, 6.45) is 0.756. The van der Waals surface area contributed by atoms with E-state index in [9.17, 15) is 14.7 Å². The number of fused-ring (bicyclic) bond motifs is 1. The lowest BCUT2D eigenvalue weighted by Gasteiger charge is -2.41. The first-order valence-corrected chi connectivity index (χ1v) is 9.95. The zero-order valence-electron chi connectivity index (χ0n) is 17.0. The van der Waals surface area contributed by atoms with Gasteiger partial charge in [0.25, 0.3) is 5.91 Å². The van der Waals surface area contributed by atoms with Crippen molar-refractivity contribution < 1.29 is 14.7 Å². The first kappa shape index (κ1) is 19.5. The number of rotatable bonds is 4. The first-order chi connectivity index (χ1) is 13.7. The van der Waals surface area contributed by atoms with E-state index in [2.05, 4.69) is 29.4 Å². The van der Waals surface area contributed by atoms with Gasteiger partial charge >= 0.3 is 5.97 Å². The molecule has 4 rings (SSSR count). The van der Waals surface area contributed by atoms with Crippen molar-refractivity contribution >= 4 is 17.6 Å². The summed E-state index contributed by atoms with van der Waals surface area (Å²) in [5.41, 5.74) is 3.85. The Kier molecular flexibility index (Phi) is 4.82. The summed E-state index contributed by atoms with van der Waals surface area (Å²) in [5, 5.41) is 15.9. The molecule has 1 unspecified atom stereocenters. The molecule has 1 saturated heterocycles. The summed E-state index contributed by atoms with van der Waals surface area (Å²) in [4.78, 5) is 26.1. The van der Waals surface area contributed by atoms with E-state index in [1.54, 1.807) is 12.1 Å². The standard InChI is InChI=1S/C23H27N3O3/c1-23(2)11-17-10-16(22(28)29)7-8-19(17)25-20(23)14-5-4-6-15(9-14)21(27)24-18-12-26(3)13-18/h4-10,18,20,25H,11-13H2,1-3H3,(H,24,27)(H,28,29). The normalized spacial score (nSPS) is 20.9. The minimum absolute atomic E-state index is 0.0215. The Morgan fingerprint density at radius 2 is 1.90 bits per heavy atom. The van der Waals surface area contributed by atoms with Gasteiger partial charge in [-0.3, -0.25) is 4.79 Å². The highest BCUT2D eigenvalue weighted by atomic mass is 16.4. The molecule has 2 heterocycles. The zero-order valence-corrected chi connectivity index (χ0v) is 17.0. The second-order valence-electron chi connectivity index (χ2n) is 8.94. The van der Waals surface area contributed by atoms with Crippen LogP contribution in [-0.2, 0) is 6.42 Å². The number of nitrogens with zero attached hydrogens (tertiary/aromatic N) is 1. The number of aromatic carboxylic acids is 1. The van der Waals surface area contributed by atoms with Crippen LogP contribution in [0.2, 0.25) is 0 Å². The van der Waals surface area contributed by atoms with Gasteiger partial charge in [0.2, 0.25) is 0 Å². The van der Waals surface area contributed by atoms with Gasteiger partial charge in [0.15, 0.2) is 0 Å². The lowest BCUT2D eigenvalue weighted by atomic mass is 9.72. The van der Waals surface area contributed by atoms with Crippen molar-refractivity contribution in [1.82, 2.24) is 10.2 Å². The van der Waals surface area contributed by atoms with Gasteiger partial charge in [0.05, 0.1) is 17.6 Å². The summed E-state index contributed by atoms with van der Waals surface area (Å²) in [6.45, 7) is 6.10. The SMILES string of the molecule is CN1CC(NC(=O)c2cccc(C3Nc4ccc(C(=O)O)cc4CC3(C)C)c2)C1. The number of benzene rings is 2. The maximum atomic E-state index is 12.6. The van der Waals surface area contributed by atoms with Crippen LogP contribution >= 0.6 is 0 Å². The van der Waals surface area contributed by atoms with Crippen LogP contribution in [0.15, 0.2) is 42.5 Å². The largest absolute Gasteiger partial charge is 0.478 e. The molecule has 0 aromatic heterocycles. The highest BCUT2D eigenvalue weighted by Crippen LogP contribution is 2.45. The Morgan fingerprint density at radius 3 is 2.59 bits per heavy atom. The number of anilines is 1. The molecule has 2 aliphatic rings. The van der Waals surface area contributed by atoms with Crippen molar-refractivity contribution in [2.45, 2.75) is 32.4 Å². The molecule has 0 radical (unpaired) electrons. The van der Waals surface area contributed by atoms with Crippen LogP contribution in [0.1, 0.15) is 51.7 Å². The third kappa shape index (κ3) is 3.85. The van der Waals surface area contributed by atoms with Crippen molar-refractivity contribution in [2.24, 2.45) is 5.41 Å². The van der Waals surface area contributed by atoms with E-state index in [0.717, 1.165) is 36.3 Å². The molecule has 152 valence electrons. The Morgan fingerprint density at radius 1 is 1.14 bits per heavy atom. The second-order valence-corrected chi connectivity index (χ2v) is 8.94. The average Bonchev–Trinajstić information content (AvgIpc) is 2.65. The second kappa shape index (κ2) is 7.19. The Balaban J connectivity index is 1.57. The fourth-order valence-electron chi connectivity index (χ4n) is 4.41. The fraction of sp³-hybridized carbons (Fsp3) is 0.391. The molecule has 1 amide bonds. The van der Waals surface area contributed by atoms with E-state index in [-0.39, 0.29) is 23.4 Å². The van der Waals surface area contributed by atoms with Crippen molar-refractivity contribution in [3.8, 4) is 0 Å². The first-order valence-electron chi connectivity index (χ1n) is 9.95. The molecule has 0 spiro atoms. The molecule has 2 aromatic rings. The van der Waals surface area contributed by atoms with E-state index >= 15 is 0 Å². The number of hydrogen-bond donors (Lipinski definition) is 3. The Hall–Kier alpha value is -2.86. The molecule has 0 aliphatic carbocycles. The number of likely N-dealkylation sites (tertiary alicyclic amines) is 1. The number of carbonyl (C=O) groups excluding carboxylic acids is 1. The van der Waals surface area contributed by atoms with E-state index < -0.39 is 5.97 Å². The maximum absolute atomic E-state index is 12.6. The number of nitrogens with one attached hydrogen (secondary N) is 2. The zero-order chi connectivity index (χ0) is 20.8. The number of carbonyl (C=O) groups is 2. The molecule has 2 aliphatic heterocycles. The minimum Gasteiger partial charge on any atom is -0.478 e. The van der Waals surface area contributed by atoms with Gasteiger partial charge in [-0.2, -0.15) is 0 Å². The topological polar surface area (TPSA) is 81.7 Å². The number of hydrogen-bond acceptors (Lipinski definition) is 4. The minimum atomic E-state index is -0.913. The van der Waals surface area contributed by atoms with Crippen LogP contribution in [0, 0.1) is 5.41 Å². The summed E-state index contributed by atoms with van der Waals surface area (Å²) in [7, 11) is 2.04. The van der Waals surface area contributed by atoms with E-state index in [1.165, 1.54) is 0 Å². The number of carboxylic acid groups (broad SMARTS) is 1. The molecule has 1 fully saturated rings. The van der Waals surface area contributed by atoms with Gasteiger partial charge in [-0.1, -0.05) is 26.0 Å². The lowest BCUT2D eigenvalue weighted by Crippen LogP contribution is -2.57. The molecular weight excluding hydrogens is 366 g/mol. The molecule has 6 heteroatoms. The predicted molar refractivity (Wildman–Crippen MR) is 112 cm³/mol. The summed E-state index contributed by atoms with van der Waals surface area (Å²) in [6, 6.07) is 13.2. The lowest BCUT2D eigenvalue weighted by molar-refractivity contribution is 0.0696. The predicted octanol–water partition coefficient (Wildman–Crippen LogP) is 3.16. The van der Waals surface area contributed by atoms with Gasteiger partial charge in [0.1, 0.15) is 0 Å². The van der Waals surface area contributed by atoms with Crippen molar-refractivity contribution in [3.05, 3.63) is 64.7 Å². The molecule has 3 N–H and O–H groups in total. The highest BCUT2D eigenvalue weighted by Gasteiger charge is 2.36.